The molecule has 3 atom stereocenters. The maximum Gasteiger partial charge on any atom is 0.439 e. The van der Waals surface area contributed by atoms with E-state index >= 15 is 0 Å². The molecule has 3 rings (SSSR count). The van der Waals surface area contributed by atoms with Crippen molar-refractivity contribution in [3.8, 4) is 0 Å². The van der Waals surface area contributed by atoms with Crippen molar-refractivity contribution in [2.45, 2.75) is 45.0 Å². The zero-order valence-electron chi connectivity index (χ0n) is 13.5. The molecule has 2 aliphatic rings. The number of halogens is 3. The Balaban J connectivity index is 2.05. The van der Waals surface area contributed by atoms with Gasteiger partial charge in [-0.15, -0.1) is 0 Å². The van der Waals surface area contributed by atoms with Crippen molar-refractivity contribution in [3.63, 3.8) is 0 Å². The number of hydrazone groups is 1. The summed E-state index contributed by atoms with van der Waals surface area (Å²) in [6.07, 6.45) is -3.76. The zero-order chi connectivity index (χ0) is 17.7. The van der Waals surface area contributed by atoms with Crippen LogP contribution in [0, 0.1) is 18.8 Å². The second-order valence-corrected chi connectivity index (χ2v) is 6.73. The number of benzene rings is 1. The number of rotatable bonds is 1. The molecular formula is C17H19F3N2O2. The Bertz CT molecular complexity index is 701. The van der Waals surface area contributed by atoms with E-state index in [4.69, 9.17) is 0 Å². The van der Waals surface area contributed by atoms with Gasteiger partial charge in [0.05, 0.1) is 5.92 Å². The molecule has 1 saturated carbocycles. The van der Waals surface area contributed by atoms with E-state index in [0.717, 1.165) is 5.56 Å². The van der Waals surface area contributed by atoms with Crippen molar-refractivity contribution in [1.82, 2.24) is 5.01 Å². The Labute approximate surface area is 138 Å². The molecule has 1 fully saturated rings. The molecule has 1 heterocycles. The van der Waals surface area contributed by atoms with Crippen molar-refractivity contribution in [2.24, 2.45) is 16.9 Å². The Morgan fingerprint density at radius 3 is 2.75 bits per heavy atom. The second kappa shape index (κ2) is 5.58. The first-order valence-corrected chi connectivity index (χ1v) is 7.92. The summed E-state index contributed by atoms with van der Waals surface area (Å²) in [6, 6.07) is 6.25. The zero-order valence-corrected chi connectivity index (χ0v) is 13.5. The monoisotopic (exact) mass is 340 g/mol. The van der Waals surface area contributed by atoms with Gasteiger partial charge in [0.15, 0.2) is 0 Å². The highest BCUT2D eigenvalue weighted by Gasteiger charge is 2.68. The van der Waals surface area contributed by atoms with Gasteiger partial charge in [0.25, 0.3) is 11.6 Å². The Morgan fingerprint density at radius 1 is 1.42 bits per heavy atom. The third-order valence-corrected chi connectivity index (χ3v) is 4.85. The van der Waals surface area contributed by atoms with Gasteiger partial charge < -0.3 is 5.11 Å². The van der Waals surface area contributed by atoms with E-state index in [1.165, 1.54) is 12.1 Å². The van der Waals surface area contributed by atoms with E-state index in [1.807, 2.05) is 6.92 Å². The van der Waals surface area contributed by atoms with Crippen molar-refractivity contribution < 1.29 is 23.1 Å². The molecule has 1 amide bonds. The largest absolute Gasteiger partial charge is 0.439 e. The van der Waals surface area contributed by atoms with Crippen LogP contribution in [0.5, 0.6) is 0 Å². The molecule has 0 aromatic heterocycles. The Hall–Kier alpha value is -1.89. The summed E-state index contributed by atoms with van der Waals surface area (Å²) in [5.41, 5.74) is -2.20. The lowest BCUT2D eigenvalue weighted by Crippen LogP contribution is -2.61. The minimum absolute atomic E-state index is 0.0387. The van der Waals surface area contributed by atoms with Gasteiger partial charge in [-0.1, -0.05) is 24.6 Å². The van der Waals surface area contributed by atoms with Gasteiger partial charge >= 0.3 is 6.18 Å². The summed E-state index contributed by atoms with van der Waals surface area (Å²) >= 11 is 0. The van der Waals surface area contributed by atoms with Crippen molar-refractivity contribution >= 4 is 11.6 Å². The minimum Gasteiger partial charge on any atom is -0.362 e. The summed E-state index contributed by atoms with van der Waals surface area (Å²) in [7, 11) is 0. The van der Waals surface area contributed by atoms with Gasteiger partial charge in [0.1, 0.15) is 0 Å². The number of aliphatic hydroxyl groups is 1. The predicted molar refractivity (Wildman–Crippen MR) is 82.3 cm³/mol. The molecular weight excluding hydrogens is 321 g/mol. The van der Waals surface area contributed by atoms with Gasteiger partial charge in [0.2, 0.25) is 0 Å². The van der Waals surface area contributed by atoms with Gasteiger partial charge in [0, 0.05) is 11.3 Å². The highest BCUT2D eigenvalue weighted by atomic mass is 19.4. The molecule has 7 heteroatoms. The highest BCUT2D eigenvalue weighted by Crippen LogP contribution is 2.49. The first-order chi connectivity index (χ1) is 11.1. The summed E-state index contributed by atoms with van der Waals surface area (Å²) in [6.45, 7) is 3.59. The van der Waals surface area contributed by atoms with Crippen LogP contribution in [0.25, 0.3) is 0 Å². The van der Waals surface area contributed by atoms with Crippen molar-refractivity contribution in [1.29, 1.82) is 0 Å². The molecule has 1 aromatic carbocycles. The maximum absolute atomic E-state index is 13.7. The average molecular weight is 340 g/mol. The van der Waals surface area contributed by atoms with Crippen LogP contribution in [-0.4, -0.2) is 33.6 Å². The number of hydrogen-bond acceptors (Lipinski definition) is 3. The fraction of sp³-hybridized carbons (Fsp3) is 0.529. The van der Waals surface area contributed by atoms with E-state index in [0.29, 0.717) is 12.8 Å². The van der Waals surface area contributed by atoms with E-state index in [2.05, 4.69) is 5.10 Å². The third-order valence-electron chi connectivity index (χ3n) is 4.85. The molecule has 1 N–H and O–H groups in total. The van der Waals surface area contributed by atoms with E-state index in [-0.39, 0.29) is 28.6 Å². The molecule has 0 bridgehead atoms. The molecule has 0 saturated heterocycles. The summed E-state index contributed by atoms with van der Waals surface area (Å²) in [5.74, 6) is -2.10. The van der Waals surface area contributed by atoms with Gasteiger partial charge in [-0.3, -0.25) is 4.79 Å². The van der Waals surface area contributed by atoms with E-state index < -0.39 is 23.7 Å². The first-order valence-electron chi connectivity index (χ1n) is 7.92. The fourth-order valence-corrected chi connectivity index (χ4v) is 3.51. The summed E-state index contributed by atoms with van der Waals surface area (Å²) < 4.78 is 41.2. The van der Waals surface area contributed by atoms with Gasteiger partial charge in [-0.2, -0.15) is 23.3 Å². The molecule has 1 aliphatic heterocycles. The molecule has 1 aliphatic carbocycles. The summed E-state index contributed by atoms with van der Waals surface area (Å²) in [4.78, 5) is 12.6. The number of nitrogens with zero attached hydrogens (tertiary/aromatic N) is 2. The highest BCUT2D eigenvalue weighted by molar-refractivity contribution is 5.99. The smallest absolute Gasteiger partial charge is 0.362 e. The number of hydrogen-bond donors (Lipinski definition) is 1. The molecule has 130 valence electrons. The Morgan fingerprint density at radius 2 is 2.12 bits per heavy atom. The van der Waals surface area contributed by atoms with Crippen LogP contribution < -0.4 is 0 Å². The number of carbonyl (C=O) groups is 1. The number of fused-ring (bicyclic) bond motifs is 1. The maximum atomic E-state index is 13.7. The Kier molecular flexibility index (Phi) is 3.94. The topological polar surface area (TPSA) is 52.9 Å². The van der Waals surface area contributed by atoms with Crippen LogP contribution in [0.15, 0.2) is 29.4 Å². The second-order valence-electron chi connectivity index (χ2n) is 6.73. The average Bonchev–Trinajstić information content (AvgIpc) is 2.80. The number of carbonyl (C=O) groups excluding carboxylic acids is 1. The first kappa shape index (κ1) is 17.0. The van der Waals surface area contributed by atoms with Crippen LogP contribution in [0.1, 0.15) is 42.1 Å². The summed E-state index contributed by atoms with van der Waals surface area (Å²) in [5, 5.41) is 14.7. The van der Waals surface area contributed by atoms with E-state index in [9.17, 15) is 23.1 Å². The van der Waals surface area contributed by atoms with Crippen molar-refractivity contribution in [3.05, 3.63) is 35.4 Å². The molecule has 0 unspecified atom stereocenters. The molecule has 0 radical (unpaired) electrons. The molecule has 4 nitrogen and oxygen atoms in total. The van der Waals surface area contributed by atoms with Gasteiger partial charge in [-0.05, 0) is 44.2 Å². The third kappa shape index (κ3) is 2.51. The number of alkyl halides is 3. The molecule has 24 heavy (non-hydrogen) atoms. The quantitative estimate of drug-likeness (QED) is 0.851. The van der Waals surface area contributed by atoms with Crippen molar-refractivity contribution in [2.75, 3.05) is 0 Å². The predicted octanol–water partition coefficient (Wildman–Crippen LogP) is 3.49. The minimum atomic E-state index is -4.99. The van der Waals surface area contributed by atoms with E-state index in [1.54, 1.807) is 19.1 Å². The SMILES string of the molecule is Cc1cccc(C(=O)N2N=C3CC[C@H](C)C[C@H]3[C@@]2(O)C(F)(F)F)c1. The van der Waals surface area contributed by atoms with Crippen LogP contribution >= 0.6 is 0 Å². The lowest BCUT2D eigenvalue weighted by molar-refractivity contribution is -0.313. The molecule has 1 aromatic rings. The number of amides is 1. The lowest BCUT2D eigenvalue weighted by Gasteiger charge is -2.39. The van der Waals surface area contributed by atoms with Crippen LogP contribution in [-0.2, 0) is 0 Å². The standard InChI is InChI=1S/C17H19F3N2O2/c1-10-4-3-5-12(8-10)15(23)22-16(24,17(18,19)20)13-9-11(2)6-7-14(13)21-22/h3-5,8,11,13,24H,6-7,9H2,1-2H3/t11-,13+,16+/m0/s1. The fourth-order valence-electron chi connectivity index (χ4n) is 3.51. The van der Waals surface area contributed by atoms with Gasteiger partial charge in [-0.25, -0.2) is 0 Å². The normalized spacial score (nSPS) is 30.1. The van der Waals surface area contributed by atoms with Crippen LogP contribution in [0.4, 0.5) is 13.2 Å². The van der Waals surface area contributed by atoms with Crippen LogP contribution in [0.2, 0.25) is 0 Å². The van der Waals surface area contributed by atoms with Crippen LogP contribution in [0.3, 0.4) is 0 Å². The lowest BCUT2D eigenvalue weighted by atomic mass is 9.76. The molecule has 0 spiro atoms. The number of aryl methyl sites for hydroxylation is 1.